The molecule has 8 heteroatoms. The fraction of sp³-hybridized carbons (Fsp3) is 0.300. The van der Waals surface area contributed by atoms with E-state index >= 15 is 0 Å². The lowest BCUT2D eigenvalue weighted by atomic mass is 10.3. The minimum Gasteiger partial charge on any atom is -0.468 e. The molecule has 0 aromatic heterocycles. The topological polar surface area (TPSA) is 72.5 Å². The Morgan fingerprint density at radius 2 is 2.11 bits per heavy atom. The van der Waals surface area contributed by atoms with Gasteiger partial charge in [0.25, 0.3) is 0 Å². The number of ether oxygens (including phenoxy) is 1. The highest BCUT2D eigenvalue weighted by atomic mass is 79.9. The second-order valence-electron chi connectivity index (χ2n) is 3.44. The molecule has 0 aliphatic carbocycles. The maximum atomic E-state index is 11.8. The molecule has 0 aliphatic rings. The van der Waals surface area contributed by atoms with Crippen molar-refractivity contribution in [1.82, 2.24) is 0 Å². The van der Waals surface area contributed by atoms with Gasteiger partial charge in [-0.15, -0.1) is 0 Å². The third-order valence-corrected chi connectivity index (χ3v) is 5.04. The van der Waals surface area contributed by atoms with E-state index < -0.39 is 21.2 Å². The van der Waals surface area contributed by atoms with Crippen molar-refractivity contribution >= 4 is 49.2 Å². The van der Waals surface area contributed by atoms with Crippen molar-refractivity contribution in [2.75, 3.05) is 11.8 Å². The van der Waals surface area contributed by atoms with E-state index in [-0.39, 0.29) is 0 Å². The van der Waals surface area contributed by atoms with E-state index in [1.165, 1.54) is 25.1 Å². The lowest BCUT2D eigenvalue weighted by Crippen LogP contribution is -2.33. The highest BCUT2D eigenvalue weighted by Gasteiger charge is 2.28. The lowest BCUT2D eigenvalue weighted by molar-refractivity contribution is -0.139. The molecule has 1 aromatic carbocycles. The van der Waals surface area contributed by atoms with Crippen LogP contribution in [0.3, 0.4) is 0 Å². The zero-order valence-electron chi connectivity index (χ0n) is 9.61. The molecule has 0 saturated heterocycles. The van der Waals surface area contributed by atoms with Crippen molar-refractivity contribution in [3.63, 3.8) is 0 Å². The van der Waals surface area contributed by atoms with Gasteiger partial charge in [0.05, 0.1) is 12.1 Å². The summed E-state index contributed by atoms with van der Waals surface area (Å²) in [6, 6.07) is 4.53. The Kier molecular flexibility index (Phi) is 5.01. The maximum Gasteiger partial charge on any atom is 0.325 e. The Bertz CT molecular complexity index is 561. The van der Waals surface area contributed by atoms with Gasteiger partial charge in [0.2, 0.25) is 10.0 Å². The molecule has 1 atom stereocenters. The summed E-state index contributed by atoms with van der Waals surface area (Å²) >= 11 is 8.96. The van der Waals surface area contributed by atoms with E-state index in [1.54, 1.807) is 0 Å². The van der Waals surface area contributed by atoms with Crippen LogP contribution in [0.1, 0.15) is 6.92 Å². The Morgan fingerprint density at radius 1 is 1.50 bits per heavy atom. The van der Waals surface area contributed by atoms with E-state index in [0.29, 0.717) is 15.2 Å². The fourth-order valence-electron chi connectivity index (χ4n) is 1.10. The molecule has 0 bridgehead atoms. The monoisotopic (exact) mass is 355 g/mol. The Morgan fingerprint density at radius 3 is 2.61 bits per heavy atom. The quantitative estimate of drug-likeness (QED) is 0.841. The highest BCUT2D eigenvalue weighted by molar-refractivity contribution is 9.10. The van der Waals surface area contributed by atoms with Gasteiger partial charge in [-0.25, -0.2) is 8.42 Å². The molecule has 0 aliphatic heterocycles. The van der Waals surface area contributed by atoms with Gasteiger partial charge >= 0.3 is 5.97 Å². The summed E-state index contributed by atoms with van der Waals surface area (Å²) in [4.78, 5) is 11.2. The number of hydrogen-bond donors (Lipinski definition) is 1. The van der Waals surface area contributed by atoms with Crippen LogP contribution in [0.15, 0.2) is 22.7 Å². The lowest BCUT2D eigenvalue weighted by Gasteiger charge is -2.13. The average molecular weight is 357 g/mol. The van der Waals surface area contributed by atoms with E-state index in [9.17, 15) is 13.2 Å². The Hall–Kier alpha value is -0.790. The minimum absolute atomic E-state index is 0.307. The van der Waals surface area contributed by atoms with Crippen LogP contribution in [0.25, 0.3) is 0 Å². The summed E-state index contributed by atoms with van der Waals surface area (Å²) in [5, 5.41) is -0.837. The van der Waals surface area contributed by atoms with Gasteiger partial charge in [-0.2, -0.15) is 0 Å². The van der Waals surface area contributed by atoms with Gasteiger partial charge in [0.15, 0.2) is 5.25 Å². The molecule has 100 valence electrons. The predicted molar refractivity (Wildman–Crippen MR) is 73.2 cm³/mol. The second kappa shape index (κ2) is 5.90. The van der Waals surface area contributed by atoms with E-state index in [4.69, 9.17) is 11.6 Å². The molecule has 0 spiro atoms. The number of hydrogen-bond acceptors (Lipinski definition) is 4. The Labute approximate surface area is 119 Å². The largest absolute Gasteiger partial charge is 0.468 e. The number of methoxy groups -OCH3 is 1. The first kappa shape index (κ1) is 15.3. The number of halogens is 2. The maximum absolute atomic E-state index is 11.8. The normalized spacial score (nSPS) is 12.9. The molecule has 1 unspecified atom stereocenters. The third kappa shape index (κ3) is 3.60. The predicted octanol–water partition coefficient (Wildman–Crippen LogP) is 2.41. The summed E-state index contributed by atoms with van der Waals surface area (Å²) in [6.07, 6.45) is 0. The number of nitrogens with one attached hydrogen (secondary N) is 1. The first-order valence-corrected chi connectivity index (χ1v) is 7.54. The molecule has 18 heavy (non-hydrogen) atoms. The smallest absolute Gasteiger partial charge is 0.325 e. The molecule has 1 rings (SSSR count). The third-order valence-electron chi connectivity index (χ3n) is 2.18. The van der Waals surface area contributed by atoms with Crippen LogP contribution in [0.5, 0.6) is 0 Å². The number of esters is 1. The number of anilines is 1. The summed E-state index contributed by atoms with van der Waals surface area (Å²) in [6.45, 7) is 1.25. The molecule has 0 fully saturated rings. The van der Waals surface area contributed by atoms with Crippen LogP contribution in [-0.4, -0.2) is 26.7 Å². The van der Waals surface area contributed by atoms with Crippen LogP contribution < -0.4 is 4.72 Å². The van der Waals surface area contributed by atoms with Crippen molar-refractivity contribution in [3.8, 4) is 0 Å². The van der Waals surface area contributed by atoms with Crippen LogP contribution >= 0.6 is 27.5 Å². The van der Waals surface area contributed by atoms with Gasteiger partial charge in [-0.05, 0) is 41.1 Å². The molecular weight excluding hydrogens is 346 g/mol. The SMILES string of the molecule is COC(=O)C(C)S(=O)(=O)Nc1ccc(Cl)c(Br)c1. The first-order valence-electron chi connectivity index (χ1n) is 4.82. The van der Waals surface area contributed by atoms with Gasteiger partial charge in [0, 0.05) is 10.2 Å². The van der Waals surface area contributed by atoms with Gasteiger partial charge < -0.3 is 4.74 Å². The zero-order valence-corrected chi connectivity index (χ0v) is 12.8. The standard InChI is InChI=1S/C10H11BrClNO4S/c1-6(10(14)17-2)18(15,16)13-7-3-4-9(12)8(11)5-7/h3-6,13H,1-2H3. The van der Waals surface area contributed by atoms with Crippen molar-refractivity contribution in [1.29, 1.82) is 0 Å². The van der Waals surface area contributed by atoms with Crippen molar-refractivity contribution < 1.29 is 17.9 Å². The molecule has 0 saturated carbocycles. The highest BCUT2D eigenvalue weighted by Crippen LogP contribution is 2.26. The number of rotatable bonds is 4. The molecular formula is C10H11BrClNO4S. The summed E-state index contributed by atoms with van der Waals surface area (Å²) in [7, 11) is -2.71. The second-order valence-corrected chi connectivity index (χ2v) is 6.70. The molecule has 1 aromatic rings. The van der Waals surface area contributed by atoms with Crippen LogP contribution in [-0.2, 0) is 19.6 Å². The van der Waals surface area contributed by atoms with Crippen molar-refractivity contribution in [3.05, 3.63) is 27.7 Å². The molecule has 0 amide bonds. The zero-order chi connectivity index (χ0) is 13.9. The number of carbonyl (C=O) groups is 1. The minimum atomic E-state index is -3.84. The van der Waals surface area contributed by atoms with Crippen molar-refractivity contribution in [2.24, 2.45) is 0 Å². The van der Waals surface area contributed by atoms with E-state index in [0.717, 1.165) is 7.11 Å². The summed E-state index contributed by atoms with van der Waals surface area (Å²) < 4.78 is 30.9. The molecule has 0 heterocycles. The van der Waals surface area contributed by atoms with E-state index in [2.05, 4.69) is 25.4 Å². The first-order chi connectivity index (χ1) is 8.27. The Balaban J connectivity index is 2.95. The van der Waals surface area contributed by atoms with Gasteiger partial charge in [-0.1, -0.05) is 11.6 Å². The average Bonchev–Trinajstić information content (AvgIpc) is 2.31. The van der Waals surface area contributed by atoms with Crippen LogP contribution in [0, 0.1) is 0 Å². The summed E-state index contributed by atoms with van der Waals surface area (Å²) in [5.74, 6) is -0.824. The van der Waals surface area contributed by atoms with Crippen molar-refractivity contribution in [2.45, 2.75) is 12.2 Å². The van der Waals surface area contributed by atoms with Gasteiger partial charge in [-0.3, -0.25) is 9.52 Å². The molecule has 0 radical (unpaired) electrons. The molecule has 5 nitrogen and oxygen atoms in total. The number of benzene rings is 1. The number of carbonyl (C=O) groups excluding carboxylic acids is 1. The van der Waals surface area contributed by atoms with Crippen LogP contribution in [0.2, 0.25) is 5.02 Å². The fourth-order valence-corrected chi connectivity index (χ4v) is 2.58. The number of sulfonamides is 1. The van der Waals surface area contributed by atoms with Crippen LogP contribution in [0.4, 0.5) is 5.69 Å². The van der Waals surface area contributed by atoms with E-state index in [1.807, 2.05) is 0 Å². The van der Waals surface area contributed by atoms with Gasteiger partial charge in [0.1, 0.15) is 0 Å². The summed E-state index contributed by atoms with van der Waals surface area (Å²) in [5.41, 5.74) is 0.307. The molecule has 1 N–H and O–H groups in total.